The molecule has 0 amide bonds. The number of allylic oxidation sites excluding steroid dienone is 2. The summed E-state index contributed by atoms with van der Waals surface area (Å²) < 4.78 is 0. The van der Waals surface area contributed by atoms with Gasteiger partial charge in [-0.2, -0.15) is 0 Å². The third kappa shape index (κ3) is 4.53. The summed E-state index contributed by atoms with van der Waals surface area (Å²) in [6, 6.07) is 25.6. The summed E-state index contributed by atoms with van der Waals surface area (Å²) in [6.07, 6.45) is 5.24. The van der Waals surface area contributed by atoms with Crippen LogP contribution < -0.4 is 0 Å². The van der Waals surface area contributed by atoms with E-state index in [0.717, 1.165) is 22.3 Å². The predicted molar refractivity (Wildman–Crippen MR) is 122 cm³/mol. The van der Waals surface area contributed by atoms with Crippen LogP contribution in [0, 0.1) is 0 Å². The molecule has 0 spiro atoms. The summed E-state index contributed by atoms with van der Waals surface area (Å²) in [4.78, 5) is 13.3. The van der Waals surface area contributed by atoms with Crippen molar-refractivity contribution in [1.29, 1.82) is 0 Å². The number of halogens is 2. The lowest BCUT2D eigenvalue weighted by molar-refractivity contribution is -0.113. The number of rotatable bonds is 3. The topological polar surface area (TPSA) is 17.1 Å². The van der Waals surface area contributed by atoms with Crippen molar-refractivity contribution in [2.24, 2.45) is 0 Å². The van der Waals surface area contributed by atoms with Crippen molar-refractivity contribution < 1.29 is 4.79 Å². The van der Waals surface area contributed by atoms with Gasteiger partial charge in [0.15, 0.2) is 5.78 Å². The minimum Gasteiger partial charge on any atom is -0.289 e. The van der Waals surface area contributed by atoms with Crippen molar-refractivity contribution in [2.75, 3.05) is 0 Å². The highest BCUT2D eigenvalue weighted by Gasteiger charge is 2.29. The molecule has 0 unspecified atom stereocenters. The summed E-state index contributed by atoms with van der Waals surface area (Å²) in [6.45, 7) is 0. The molecule has 0 bridgehead atoms. The molecular weight excluding hydrogens is 399 g/mol. The van der Waals surface area contributed by atoms with Gasteiger partial charge in [0.2, 0.25) is 0 Å². The molecule has 0 aliphatic heterocycles. The highest BCUT2D eigenvalue weighted by atomic mass is 35.5. The zero-order valence-electron chi connectivity index (χ0n) is 15.8. The minimum absolute atomic E-state index is 0.0667. The molecule has 1 aliphatic carbocycles. The van der Waals surface area contributed by atoms with Crippen molar-refractivity contribution in [1.82, 2.24) is 0 Å². The van der Waals surface area contributed by atoms with E-state index in [-0.39, 0.29) is 11.7 Å². The standard InChI is InChI=1S/C26H20Cl2O/c27-24-12-6-4-10-19(24)14-22-16-21(18-8-2-1-3-9-18)17-23(26(22)29)15-20-11-5-7-13-25(20)28/h1-15,21H,16-17H2/b22-14+,23-15+. The van der Waals surface area contributed by atoms with Crippen LogP contribution in [0.3, 0.4) is 0 Å². The van der Waals surface area contributed by atoms with Crippen LogP contribution in [-0.2, 0) is 4.79 Å². The molecule has 1 nitrogen and oxygen atoms in total. The van der Waals surface area contributed by atoms with E-state index in [4.69, 9.17) is 23.2 Å². The smallest absolute Gasteiger partial charge is 0.185 e. The second-order valence-corrected chi connectivity index (χ2v) is 8.04. The van der Waals surface area contributed by atoms with Crippen LogP contribution in [0.4, 0.5) is 0 Å². The number of hydrogen-bond donors (Lipinski definition) is 0. The molecule has 3 aromatic carbocycles. The number of carbonyl (C=O) groups is 1. The van der Waals surface area contributed by atoms with Gasteiger partial charge in [-0.05, 0) is 59.7 Å². The fourth-order valence-electron chi connectivity index (χ4n) is 3.76. The number of hydrogen-bond acceptors (Lipinski definition) is 1. The Morgan fingerprint density at radius 3 is 1.59 bits per heavy atom. The minimum atomic E-state index is 0.0667. The van der Waals surface area contributed by atoms with Crippen LogP contribution in [-0.4, -0.2) is 5.78 Å². The number of ketones is 1. The molecule has 1 saturated carbocycles. The molecule has 1 aliphatic rings. The maximum atomic E-state index is 13.3. The van der Waals surface area contributed by atoms with Crippen molar-refractivity contribution in [3.05, 3.63) is 117 Å². The third-order valence-corrected chi connectivity index (χ3v) is 5.95. The number of benzene rings is 3. The number of carbonyl (C=O) groups excluding carboxylic acids is 1. The molecule has 0 saturated heterocycles. The van der Waals surface area contributed by atoms with Crippen LogP contribution >= 0.6 is 23.2 Å². The van der Waals surface area contributed by atoms with E-state index >= 15 is 0 Å². The lowest BCUT2D eigenvalue weighted by Gasteiger charge is -2.26. The lowest BCUT2D eigenvalue weighted by Crippen LogP contribution is -2.19. The molecule has 0 N–H and O–H groups in total. The van der Waals surface area contributed by atoms with Gasteiger partial charge in [0.05, 0.1) is 0 Å². The molecule has 3 aromatic rings. The van der Waals surface area contributed by atoms with E-state index in [1.807, 2.05) is 78.9 Å². The molecule has 0 heterocycles. The van der Waals surface area contributed by atoms with Crippen LogP contribution in [0.25, 0.3) is 12.2 Å². The van der Waals surface area contributed by atoms with Crippen molar-refractivity contribution in [3.63, 3.8) is 0 Å². The Morgan fingerprint density at radius 2 is 1.10 bits per heavy atom. The second-order valence-electron chi connectivity index (χ2n) is 7.23. The van der Waals surface area contributed by atoms with Crippen LogP contribution in [0.1, 0.15) is 35.4 Å². The first kappa shape index (κ1) is 19.7. The average molecular weight is 419 g/mol. The Kier molecular flexibility index (Phi) is 5.99. The Balaban J connectivity index is 1.78. The Labute approximate surface area is 181 Å². The normalized spacial score (nSPS) is 19.7. The van der Waals surface area contributed by atoms with Crippen molar-refractivity contribution in [3.8, 4) is 0 Å². The first-order valence-electron chi connectivity index (χ1n) is 9.61. The van der Waals surface area contributed by atoms with Gasteiger partial charge in [0.1, 0.15) is 0 Å². The number of Topliss-reactive ketones (excluding diaryl/α,β-unsaturated/α-hetero) is 1. The first-order valence-corrected chi connectivity index (χ1v) is 10.4. The van der Waals surface area contributed by atoms with Crippen LogP contribution in [0.2, 0.25) is 10.0 Å². The molecule has 0 aromatic heterocycles. The van der Waals surface area contributed by atoms with Gasteiger partial charge in [-0.3, -0.25) is 4.79 Å². The van der Waals surface area contributed by atoms with E-state index in [9.17, 15) is 4.79 Å². The Bertz CT molecular complexity index is 1030. The zero-order valence-corrected chi connectivity index (χ0v) is 17.3. The van der Waals surface area contributed by atoms with E-state index in [0.29, 0.717) is 22.9 Å². The predicted octanol–water partition coefficient (Wildman–Crippen LogP) is 7.61. The molecule has 3 heteroatoms. The van der Waals surface area contributed by atoms with E-state index in [1.54, 1.807) is 0 Å². The van der Waals surface area contributed by atoms with E-state index < -0.39 is 0 Å². The Morgan fingerprint density at radius 1 is 0.655 bits per heavy atom. The van der Waals surface area contributed by atoms with Gasteiger partial charge in [0, 0.05) is 21.2 Å². The molecule has 0 atom stereocenters. The second kappa shape index (κ2) is 8.82. The van der Waals surface area contributed by atoms with E-state index in [2.05, 4.69) is 12.1 Å². The summed E-state index contributed by atoms with van der Waals surface area (Å²) in [5, 5.41) is 1.29. The summed E-state index contributed by atoms with van der Waals surface area (Å²) >= 11 is 12.7. The highest BCUT2D eigenvalue weighted by Crippen LogP contribution is 2.39. The Hall–Kier alpha value is -2.61. The average Bonchev–Trinajstić information content (AvgIpc) is 2.74. The first-order chi connectivity index (χ1) is 14.1. The van der Waals surface area contributed by atoms with Gasteiger partial charge in [-0.1, -0.05) is 89.9 Å². The maximum absolute atomic E-state index is 13.3. The quantitative estimate of drug-likeness (QED) is 0.400. The lowest BCUT2D eigenvalue weighted by atomic mass is 9.77. The van der Waals surface area contributed by atoms with Gasteiger partial charge in [-0.15, -0.1) is 0 Å². The molecular formula is C26H20Cl2O. The van der Waals surface area contributed by atoms with Crippen molar-refractivity contribution in [2.45, 2.75) is 18.8 Å². The monoisotopic (exact) mass is 418 g/mol. The fourth-order valence-corrected chi connectivity index (χ4v) is 4.14. The highest BCUT2D eigenvalue weighted by molar-refractivity contribution is 6.33. The molecule has 0 radical (unpaired) electrons. The summed E-state index contributed by atoms with van der Waals surface area (Å²) in [5.74, 6) is 0.299. The zero-order chi connectivity index (χ0) is 20.2. The summed E-state index contributed by atoms with van der Waals surface area (Å²) in [7, 11) is 0. The third-order valence-electron chi connectivity index (χ3n) is 5.26. The molecule has 144 valence electrons. The largest absolute Gasteiger partial charge is 0.289 e. The van der Waals surface area contributed by atoms with Crippen molar-refractivity contribution >= 4 is 41.1 Å². The molecule has 4 rings (SSSR count). The molecule has 1 fully saturated rings. The SMILES string of the molecule is O=C1/C(=C/c2ccccc2Cl)CC(c2ccccc2)C/C1=C\c1ccccc1Cl. The van der Waals surface area contributed by atoms with Gasteiger partial charge in [-0.25, -0.2) is 0 Å². The van der Waals surface area contributed by atoms with Gasteiger partial charge < -0.3 is 0 Å². The van der Waals surface area contributed by atoms with Gasteiger partial charge >= 0.3 is 0 Å². The molecule has 29 heavy (non-hydrogen) atoms. The maximum Gasteiger partial charge on any atom is 0.185 e. The van der Waals surface area contributed by atoms with Crippen LogP contribution in [0.5, 0.6) is 0 Å². The van der Waals surface area contributed by atoms with E-state index in [1.165, 1.54) is 5.56 Å². The van der Waals surface area contributed by atoms with Gasteiger partial charge in [0.25, 0.3) is 0 Å². The van der Waals surface area contributed by atoms with Crippen LogP contribution in [0.15, 0.2) is 90.0 Å². The summed E-state index contributed by atoms with van der Waals surface area (Å²) in [5.41, 5.74) is 4.51. The fraction of sp³-hybridized carbons (Fsp3) is 0.115.